The van der Waals surface area contributed by atoms with Crippen molar-refractivity contribution in [3.8, 4) is 22.8 Å². The summed E-state index contributed by atoms with van der Waals surface area (Å²) < 4.78 is 16.7. The minimum Gasteiger partial charge on any atom is -0.497 e. The van der Waals surface area contributed by atoms with Crippen LogP contribution in [0.2, 0.25) is 5.02 Å². The standard InChI is InChI=1S/C24H17ClO5/c1-14-3-12-19-20(13-14)29-22(15-4-8-17(25)9-5-15)23(21(19)26)30-24(27)16-6-10-18(28-2)11-7-16/h3-13H,1-2H3. The molecular weight excluding hydrogens is 404 g/mol. The van der Waals surface area contributed by atoms with Gasteiger partial charge in [-0.1, -0.05) is 17.7 Å². The Bertz CT molecular complexity index is 1290. The smallest absolute Gasteiger partial charge is 0.343 e. The normalized spacial score (nSPS) is 10.8. The van der Waals surface area contributed by atoms with Crippen molar-refractivity contribution in [2.45, 2.75) is 6.92 Å². The Morgan fingerprint density at radius 2 is 1.67 bits per heavy atom. The van der Waals surface area contributed by atoms with Crippen molar-refractivity contribution >= 4 is 28.5 Å². The Labute approximate surface area is 177 Å². The molecule has 0 N–H and O–H groups in total. The van der Waals surface area contributed by atoms with Gasteiger partial charge < -0.3 is 13.9 Å². The number of carbonyl (C=O) groups is 1. The Morgan fingerprint density at radius 3 is 2.33 bits per heavy atom. The van der Waals surface area contributed by atoms with Crippen LogP contribution in [-0.2, 0) is 0 Å². The maximum Gasteiger partial charge on any atom is 0.343 e. The SMILES string of the molecule is COc1ccc(C(=O)Oc2c(-c3ccc(Cl)cc3)oc3cc(C)ccc3c2=O)cc1. The second kappa shape index (κ2) is 8.05. The quantitative estimate of drug-likeness (QED) is 0.399. The molecule has 0 aliphatic heterocycles. The van der Waals surface area contributed by atoms with Crippen molar-refractivity contribution in [3.05, 3.63) is 93.1 Å². The molecule has 1 aromatic heterocycles. The Hall–Kier alpha value is -3.57. The molecule has 0 amide bonds. The van der Waals surface area contributed by atoms with Gasteiger partial charge in [0.1, 0.15) is 11.3 Å². The molecule has 6 heteroatoms. The number of fused-ring (bicyclic) bond motifs is 1. The largest absolute Gasteiger partial charge is 0.497 e. The molecule has 0 saturated carbocycles. The van der Waals surface area contributed by atoms with E-state index in [1.165, 1.54) is 7.11 Å². The van der Waals surface area contributed by atoms with Gasteiger partial charge >= 0.3 is 5.97 Å². The van der Waals surface area contributed by atoms with Gasteiger partial charge in [0, 0.05) is 10.6 Å². The van der Waals surface area contributed by atoms with Gasteiger partial charge in [0.2, 0.25) is 11.2 Å². The molecule has 30 heavy (non-hydrogen) atoms. The van der Waals surface area contributed by atoms with Crippen LogP contribution in [0, 0.1) is 6.92 Å². The molecule has 4 aromatic rings. The van der Waals surface area contributed by atoms with E-state index in [0.29, 0.717) is 27.3 Å². The van der Waals surface area contributed by atoms with Crippen LogP contribution in [-0.4, -0.2) is 13.1 Å². The average molecular weight is 421 g/mol. The molecule has 0 unspecified atom stereocenters. The van der Waals surface area contributed by atoms with E-state index in [0.717, 1.165) is 5.56 Å². The van der Waals surface area contributed by atoms with E-state index in [-0.39, 0.29) is 17.1 Å². The number of hydrogen-bond donors (Lipinski definition) is 0. The molecule has 150 valence electrons. The maximum absolute atomic E-state index is 13.2. The number of aryl methyl sites for hydroxylation is 1. The number of methoxy groups -OCH3 is 1. The van der Waals surface area contributed by atoms with E-state index in [2.05, 4.69) is 0 Å². The highest BCUT2D eigenvalue weighted by Gasteiger charge is 2.21. The average Bonchev–Trinajstić information content (AvgIpc) is 2.76. The lowest BCUT2D eigenvalue weighted by Gasteiger charge is -2.11. The number of halogens is 1. The lowest BCUT2D eigenvalue weighted by Crippen LogP contribution is -2.16. The molecule has 0 saturated heterocycles. The van der Waals surface area contributed by atoms with Gasteiger partial charge in [-0.15, -0.1) is 0 Å². The van der Waals surface area contributed by atoms with E-state index >= 15 is 0 Å². The van der Waals surface area contributed by atoms with Gasteiger partial charge in [-0.05, 0) is 73.2 Å². The van der Waals surface area contributed by atoms with Gasteiger partial charge in [0.25, 0.3) is 0 Å². The maximum atomic E-state index is 13.2. The fourth-order valence-corrected chi connectivity index (χ4v) is 3.17. The lowest BCUT2D eigenvalue weighted by atomic mass is 10.1. The summed E-state index contributed by atoms with van der Waals surface area (Å²) in [5.41, 5.74) is 1.77. The second-order valence-electron chi connectivity index (χ2n) is 6.71. The summed E-state index contributed by atoms with van der Waals surface area (Å²) in [4.78, 5) is 25.9. The molecule has 0 fully saturated rings. The van der Waals surface area contributed by atoms with Crippen molar-refractivity contribution in [3.63, 3.8) is 0 Å². The number of rotatable bonds is 4. The van der Waals surface area contributed by atoms with Crippen LogP contribution in [0.4, 0.5) is 0 Å². The number of esters is 1. The zero-order valence-electron chi connectivity index (χ0n) is 16.3. The Morgan fingerprint density at radius 1 is 0.967 bits per heavy atom. The summed E-state index contributed by atoms with van der Waals surface area (Å²) in [6.45, 7) is 1.90. The first-order valence-corrected chi connectivity index (χ1v) is 9.53. The highest BCUT2D eigenvalue weighted by Crippen LogP contribution is 2.32. The van der Waals surface area contributed by atoms with Crippen molar-refractivity contribution in [2.24, 2.45) is 0 Å². The number of benzene rings is 3. The Kier molecular flexibility index (Phi) is 5.29. The van der Waals surface area contributed by atoms with Gasteiger partial charge in [-0.3, -0.25) is 4.79 Å². The van der Waals surface area contributed by atoms with Crippen molar-refractivity contribution < 1.29 is 18.7 Å². The van der Waals surface area contributed by atoms with Crippen LogP contribution in [0.25, 0.3) is 22.3 Å². The van der Waals surface area contributed by atoms with E-state index in [9.17, 15) is 9.59 Å². The third-order valence-electron chi connectivity index (χ3n) is 4.63. The number of carbonyl (C=O) groups excluding carboxylic acids is 1. The van der Waals surface area contributed by atoms with E-state index in [1.54, 1.807) is 66.7 Å². The predicted octanol–water partition coefficient (Wildman–Crippen LogP) is 5.65. The predicted molar refractivity (Wildman–Crippen MR) is 116 cm³/mol. The summed E-state index contributed by atoms with van der Waals surface area (Å²) >= 11 is 5.99. The summed E-state index contributed by atoms with van der Waals surface area (Å²) in [6.07, 6.45) is 0. The molecule has 3 aromatic carbocycles. The molecule has 0 aliphatic carbocycles. The Balaban J connectivity index is 1.85. The van der Waals surface area contributed by atoms with Crippen LogP contribution in [0.15, 0.2) is 75.9 Å². The summed E-state index contributed by atoms with van der Waals surface area (Å²) in [5, 5.41) is 0.866. The highest BCUT2D eigenvalue weighted by molar-refractivity contribution is 6.30. The molecule has 0 bridgehead atoms. The van der Waals surface area contributed by atoms with Crippen LogP contribution in [0.1, 0.15) is 15.9 Å². The molecule has 0 radical (unpaired) electrons. The van der Waals surface area contributed by atoms with Gasteiger partial charge in [-0.2, -0.15) is 0 Å². The first-order valence-electron chi connectivity index (χ1n) is 9.16. The molecule has 0 aliphatic rings. The fraction of sp³-hybridized carbons (Fsp3) is 0.0833. The molecule has 5 nitrogen and oxygen atoms in total. The minimum absolute atomic E-state index is 0.164. The third-order valence-corrected chi connectivity index (χ3v) is 4.89. The summed E-state index contributed by atoms with van der Waals surface area (Å²) in [7, 11) is 1.54. The van der Waals surface area contributed by atoms with Gasteiger partial charge in [0.15, 0.2) is 5.76 Å². The van der Waals surface area contributed by atoms with Crippen LogP contribution in [0.5, 0.6) is 11.5 Å². The van der Waals surface area contributed by atoms with Crippen LogP contribution in [0.3, 0.4) is 0 Å². The zero-order chi connectivity index (χ0) is 21.3. The molecular formula is C24H17ClO5. The summed E-state index contributed by atoms with van der Waals surface area (Å²) in [5.74, 6) is -0.0771. The highest BCUT2D eigenvalue weighted by atomic mass is 35.5. The molecule has 0 atom stereocenters. The number of hydrogen-bond acceptors (Lipinski definition) is 5. The van der Waals surface area contributed by atoms with E-state index in [4.69, 9.17) is 25.5 Å². The van der Waals surface area contributed by atoms with Crippen LogP contribution >= 0.6 is 11.6 Å². The van der Waals surface area contributed by atoms with E-state index < -0.39 is 11.4 Å². The second-order valence-corrected chi connectivity index (χ2v) is 7.15. The third kappa shape index (κ3) is 3.80. The van der Waals surface area contributed by atoms with Crippen molar-refractivity contribution in [1.29, 1.82) is 0 Å². The first-order chi connectivity index (χ1) is 14.5. The van der Waals surface area contributed by atoms with Crippen molar-refractivity contribution in [2.75, 3.05) is 7.11 Å². The van der Waals surface area contributed by atoms with Gasteiger partial charge in [-0.25, -0.2) is 4.79 Å². The van der Waals surface area contributed by atoms with Crippen molar-refractivity contribution in [1.82, 2.24) is 0 Å². The molecule has 4 rings (SSSR count). The summed E-state index contributed by atoms with van der Waals surface area (Å²) in [6, 6.07) is 18.4. The monoisotopic (exact) mass is 420 g/mol. The molecule has 1 heterocycles. The lowest BCUT2D eigenvalue weighted by molar-refractivity contribution is 0.0731. The molecule has 0 spiro atoms. The van der Waals surface area contributed by atoms with Gasteiger partial charge in [0.05, 0.1) is 18.1 Å². The zero-order valence-corrected chi connectivity index (χ0v) is 17.0. The fourth-order valence-electron chi connectivity index (χ4n) is 3.05. The number of ether oxygens (including phenoxy) is 2. The topological polar surface area (TPSA) is 65.7 Å². The first kappa shape index (κ1) is 19.7. The van der Waals surface area contributed by atoms with Crippen LogP contribution < -0.4 is 14.9 Å². The van der Waals surface area contributed by atoms with E-state index in [1.807, 2.05) is 6.92 Å². The minimum atomic E-state index is -0.674.